The quantitative estimate of drug-likeness (QED) is 0.239. The average molecular weight is 462 g/mol. The third-order valence-electron chi connectivity index (χ3n) is 3.42. The van der Waals surface area contributed by atoms with Crippen LogP contribution in [0.2, 0.25) is 0 Å². The second-order valence-electron chi connectivity index (χ2n) is 5.92. The van der Waals surface area contributed by atoms with Crippen LogP contribution in [0, 0.1) is 0 Å². The Labute approximate surface area is 167 Å². The predicted octanol–water partition coefficient (Wildman–Crippen LogP) is 5.40. The van der Waals surface area contributed by atoms with E-state index >= 15 is 0 Å². The number of hydrogen-bond donors (Lipinski definition) is 2. The van der Waals surface area contributed by atoms with E-state index in [1.807, 2.05) is 54.6 Å². The molecule has 0 amide bonds. The van der Waals surface area contributed by atoms with Gasteiger partial charge < -0.3 is 10.2 Å². The van der Waals surface area contributed by atoms with E-state index in [2.05, 4.69) is 0 Å². The number of benzene rings is 2. The minimum Gasteiger partial charge on any atom is -0.391 e. The van der Waals surface area contributed by atoms with Crippen LogP contribution in [0.3, 0.4) is 0 Å². The van der Waals surface area contributed by atoms with E-state index in [1.54, 1.807) is 0 Å². The van der Waals surface area contributed by atoms with Crippen LogP contribution in [-0.4, -0.2) is 40.7 Å². The normalized spacial score (nSPS) is 13.8. The number of hydrogen-bond acceptors (Lipinski definition) is 3. The van der Waals surface area contributed by atoms with E-state index in [1.165, 1.54) is 0 Å². The summed E-state index contributed by atoms with van der Waals surface area (Å²) in [5.74, 6) is 2.06. The molecule has 0 saturated heterocycles. The van der Waals surface area contributed by atoms with E-state index in [0.717, 1.165) is 11.3 Å². The van der Waals surface area contributed by atoms with Gasteiger partial charge in [-0.3, -0.25) is 4.79 Å². The number of carbonyl (C=O) groups is 1. The topological polar surface area (TPSA) is 57.5 Å². The first kappa shape index (κ1) is 25.4. The van der Waals surface area contributed by atoms with Gasteiger partial charge >= 0.3 is 33.0 Å². The van der Waals surface area contributed by atoms with Gasteiger partial charge in [-0.1, -0.05) is 54.6 Å². The van der Waals surface area contributed by atoms with Crippen LogP contribution < -0.4 is 0 Å². The van der Waals surface area contributed by atoms with Crippen molar-refractivity contribution in [2.45, 2.75) is 5.75 Å². The van der Waals surface area contributed by atoms with E-state index in [4.69, 9.17) is 10.2 Å². The molecule has 164 valence electrons. The van der Waals surface area contributed by atoms with Gasteiger partial charge in [-0.05, 0) is 10.9 Å². The fourth-order valence-corrected chi connectivity index (χ4v) is 4.04. The van der Waals surface area contributed by atoms with Crippen molar-refractivity contribution in [3.8, 4) is 0 Å². The number of carbonyl (C=O) groups excluding carboxylic acids is 1. The Kier molecular flexibility index (Phi) is 8.30. The fourth-order valence-electron chi connectivity index (χ4n) is 2.34. The number of ketones is 1. The molecule has 3 nitrogen and oxygen atoms in total. The Morgan fingerprint density at radius 3 is 1.72 bits per heavy atom. The van der Waals surface area contributed by atoms with Gasteiger partial charge in [0.1, 0.15) is 17.3 Å². The molecule has 0 fully saturated rings. The molecule has 0 atom stereocenters. The van der Waals surface area contributed by atoms with Gasteiger partial charge in [0.15, 0.2) is 5.78 Å². The van der Waals surface area contributed by atoms with Crippen molar-refractivity contribution >= 4 is 24.5 Å². The van der Waals surface area contributed by atoms with Gasteiger partial charge in [0, 0.05) is 16.7 Å². The smallest absolute Gasteiger partial charge is 0.193 e. The second-order valence-corrected chi connectivity index (χ2v) is 10.2. The number of aliphatic hydroxyl groups excluding tert-OH is 2. The van der Waals surface area contributed by atoms with Gasteiger partial charge in [-0.2, -0.15) is 0 Å². The maximum absolute atomic E-state index is 12.7. The molecule has 0 aliphatic heterocycles. The van der Waals surface area contributed by atoms with Crippen molar-refractivity contribution in [3.63, 3.8) is 0 Å². The van der Waals surface area contributed by atoms with Gasteiger partial charge in [0.05, 0.1) is 13.2 Å². The molecule has 0 saturated carbocycles. The van der Waals surface area contributed by atoms with Crippen molar-refractivity contribution < 1.29 is 40.2 Å². The molecule has 2 N–H and O–H groups in total. The van der Waals surface area contributed by atoms with Crippen molar-refractivity contribution in [1.29, 1.82) is 0 Å². The first-order valence-electron chi connectivity index (χ1n) is 8.31. The van der Waals surface area contributed by atoms with Crippen LogP contribution in [0.4, 0.5) is 25.2 Å². The Morgan fingerprint density at radius 1 is 0.793 bits per heavy atom. The summed E-state index contributed by atoms with van der Waals surface area (Å²) < 4.78 is 59.2. The zero-order chi connectivity index (χ0) is 22.2. The Balaban J connectivity index is 0.000000516. The third kappa shape index (κ3) is 12.5. The monoisotopic (exact) mass is 462 g/mol. The summed E-state index contributed by atoms with van der Waals surface area (Å²) in [7, 11) is -10.8. The molecule has 0 unspecified atom stereocenters. The molecule has 0 radical (unpaired) electrons. The summed E-state index contributed by atoms with van der Waals surface area (Å²) >= 11 is 0. The zero-order valence-corrected chi connectivity index (χ0v) is 16.9. The van der Waals surface area contributed by atoms with E-state index in [0.29, 0.717) is 22.6 Å². The van der Waals surface area contributed by atoms with Gasteiger partial charge in [-0.15, -0.1) is 0 Å². The Bertz CT molecular complexity index is 783. The first-order chi connectivity index (χ1) is 13.2. The average Bonchev–Trinajstić information content (AvgIpc) is 2.60. The van der Waals surface area contributed by atoms with Crippen LogP contribution in [0.25, 0.3) is 0 Å². The molecule has 11 heteroatoms. The summed E-state index contributed by atoms with van der Waals surface area (Å²) in [4.78, 5) is 12.7. The maximum Gasteiger partial charge on any atom is 0.193 e. The molecular formula is C18H21F6O3PS. The molecule has 29 heavy (non-hydrogen) atoms. The molecule has 0 aliphatic carbocycles. The van der Waals surface area contributed by atoms with E-state index < -0.39 is 7.81 Å². The maximum atomic E-state index is 12.7. The van der Waals surface area contributed by atoms with Gasteiger partial charge in [-0.25, -0.2) is 0 Å². The SMILES string of the molecule is F[P-](F)(F)(F)(F)F.O=C(c1ccccc1)c1ccccc1C[S+](CCO)CCO. The molecule has 2 aromatic rings. The summed E-state index contributed by atoms with van der Waals surface area (Å²) in [5, 5.41) is 18.3. The molecule has 0 aromatic heterocycles. The van der Waals surface area contributed by atoms with Gasteiger partial charge in [0.2, 0.25) is 0 Å². The molecule has 2 aromatic carbocycles. The fraction of sp³-hybridized carbons (Fsp3) is 0.278. The van der Waals surface area contributed by atoms with Crippen LogP contribution in [-0.2, 0) is 16.6 Å². The molecule has 0 aliphatic rings. The number of aliphatic hydroxyl groups is 2. The first-order valence-corrected chi connectivity index (χ1v) is 12.1. The summed E-state index contributed by atoms with van der Waals surface area (Å²) in [5.41, 5.74) is 2.38. The minimum absolute atomic E-state index is 0.0211. The minimum atomic E-state index is -10.7. The molecular weight excluding hydrogens is 441 g/mol. The van der Waals surface area contributed by atoms with Crippen LogP contribution in [0.15, 0.2) is 54.6 Å². The second kappa shape index (κ2) is 9.47. The van der Waals surface area contributed by atoms with E-state index in [-0.39, 0.29) is 29.9 Å². The van der Waals surface area contributed by atoms with Crippen molar-refractivity contribution in [2.24, 2.45) is 0 Å². The van der Waals surface area contributed by atoms with Crippen LogP contribution >= 0.6 is 7.81 Å². The standard InChI is InChI=1S/C18H21O3S.F6P/c19-10-12-22(13-11-20)14-16-8-4-5-9-17(16)18(21)15-6-2-1-3-7-15;1-7(2,3,4,5)6/h1-9,19-20H,10-14H2;/q+1;-1. The van der Waals surface area contributed by atoms with Crippen molar-refractivity contribution in [3.05, 3.63) is 71.3 Å². The molecule has 0 heterocycles. The van der Waals surface area contributed by atoms with Gasteiger partial charge in [0.25, 0.3) is 0 Å². The van der Waals surface area contributed by atoms with Crippen LogP contribution in [0.5, 0.6) is 0 Å². The number of rotatable bonds is 8. The predicted molar refractivity (Wildman–Crippen MR) is 105 cm³/mol. The molecule has 2 rings (SSSR count). The zero-order valence-electron chi connectivity index (χ0n) is 15.2. The van der Waals surface area contributed by atoms with Crippen LogP contribution in [0.1, 0.15) is 21.5 Å². The Hall–Kier alpha value is -1.61. The third-order valence-corrected chi connectivity index (χ3v) is 5.66. The largest absolute Gasteiger partial charge is 0.391 e. The van der Waals surface area contributed by atoms with E-state index in [9.17, 15) is 30.0 Å². The summed E-state index contributed by atoms with van der Waals surface area (Å²) in [6.45, 7) is 0.218. The molecule has 0 spiro atoms. The Morgan fingerprint density at radius 2 is 1.24 bits per heavy atom. The summed E-state index contributed by atoms with van der Waals surface area (Å²) in [6, 6.07) is 16.9. The van der Waals surface area contributed by atoms with Crippen molar-refractivity contribution in [2.75, 3.05) is 24.7 Å². The summed E-state index contributed by atoms with van der Waals surface area (Å²) in [6.07, 6.45) is 0. The number of halogens is 6. The van der Waals surface area contributed by atoms with Crippen molar-refractivity contribution in [1.82, 2.24) is 0 Å². The molecule has 0 bridgehead atoms.